The average Bonchev–Trinajstić information content (AvgIpc) is 2.28. The summed E-state index contributed by atoms with van der Waals surface area (Å²) in [5, 5.41) is 20.4. The van der Waals surface area contributed by atoms with Crippen molar-refractivity contribution in [2.45, 2.75) is 6.18 Å². The summed E-state index contributed by atoms with van der Waals surface area (Å²) in [5.41, 5.74) is -2.11. The number of hydrogen-bond acceptors (Lipinski definition) is 2. The molecule has 0 amide bonds. The van der Waals surface area contributed by atoms with Crippen molar-refractivity contribution >= 4 is 10.9 Å². The van der Waals surface area contributed by atoms with Gasteiger partial charge in [0.2, 0.25) is 5.52 Å². The van der Waals surface area contributed by atoms with Gasteiger partial charge in [0.25, 0.3) is 0 Å². The molecule has 0 saturated carbocycles. The third-order valence-corrected chi connectivity index (χ3v) is 2.32. The van der Waals surface area contributed by atoms with Crippen LogP contribution in [0.15, 0.2) is 30.3 Å². The van der Waals surface area contributed by atoms with E-state index in [0.29, 0.717) is 0 Å². The van der Waals surface area contributed by atoms with E-state index in [-0.39, 0.29) is 15.6 Å². The zero-order chi connectivity index (χ0) is 12.6. The highest BCUT2D eigenvalue weighted by atomic mass is 19.4. The molecule has 0 bridgehead atoms. The van der Waals surface area contributed by atoms with Gasteiger partial charge in [-0.3, -0.25) is 0 Å². The first-order valence-electron chi connectivity index (χ1n) is 4.58. The van der Waals surface area contributed by atoms with Gasteiger partial charge in [0.15, 0.2) is 6.07 Å². The molecule has 0 unspecified atom stereocenters. The number of fused-ring (bicyclic) bond motifs is 1. The Morgan fingerprint density at radius 1 is 1.24 bits per heavy atom. The van der Waals surface area contributed by atoms with Crippen molar-refractivity contribution in [3.8, 4) is 6.07 Å². The molecule has 86 valence electrons. The molecule has 0 N–H and O–H groups in total. The molecule has 1 aromatic heterocycles. The van der Waals surface area contributed by atoms with Crippen LogP contribution in [0.3, 0.4) is 0 Å². The van der Waals surface area contributed by atoms with E-state index >= 15 is 0 Å². The second-order valence-electron chi connectivity index (χ2n) is 3.37. The molecule has 0 atom stereocenters. The molecule has 1 aromatic carbocycles. The molecule has 0 spiro atoms. The third kappa shape index (κ3) is 1.76. The van der Waals surface area contributed by atoms with E-state index in [2.05, 4.69) is 0 Å². The van der Waals surface area contributed by atoms with Crippen LogP contribution in [0.1, 0.15) is 11.3 Å². The molecular formula is C11H5F3N2O. The van der Waals surface area contributed by atoms with Crippen LogP contribution in [0.2, 0.25) is 0 Å². The monoisotopic (exact) mass is 238 g/mol. The fourth-order valence-corrected chi connectivity index (χ4v) is 1.57. The lowest BCUT2D eigenvalue weighted by Gasteiger charge is -2.10. The third-order valence-electron chi connectivity index (χ3n) is 2.32. The minimum atomic E-state index is -4.72. The molecule has 2 rings (SSSR count). The van der Waals surface area contributed by atoms with Crippen molar-refractivity contribution < 1.29 is 17.9 Å². The second kappa shape index (κ2) is 3.63. The van der Waals surface area contributed by atoms with Gasteiger partial charge in [-0.2, -0.15) is 23.2 Å². The Morgan fingerprint density at radius 2 is 1.88 bits per heavy atom. The largest absolute Gasteiger partial charge is 0.617 e. The number of para-hydroxylation sites is 1. The number of pyridine rings is 1. The van der Waals surface area contributed by atoms with Crippen molar-refractivity contribution in [1.29, 1.82) is 5.26 Å². The Morgan fingerprint density at radius 3 is 2.47 bits per heavy atom. The lowest BCUT2D eigenvalue weighted by molar-refractivity contribution is -0.581. The quantitative estimate of drug-likeness (QED) is 0.522. The minimum Gasteiger partial charge on any atom is -0.617 e. The van der Waals surface area contributed by atoms with Crippen LogP contribution >= 0.6 is 0 Å². The molecule has 0 aliphatic carbocycles. The van der Waals surface area contributed by atoms with Crippen LogP contribution in [0.25, 0.3) is 10.9 Å². The van der Waals surface area contributed by atoms with Crippen LogP contribution < -0.4 is 4.73 Å². The van der Waals surface area contributed by atoms with Gasteiger partial charge in [-0.1, -0.05) is 12.1 Å². The first kappa shape index (κ1) is 11.2. The summed E-state index contributed by atoms with van der Waals surface area (Å²) >= 11 is 0. The predicted molar refractivity (Wildman–Crippen MR) is 52.6 cm³/mol. The standard InChI is InChI=1S/C11H5F3N2O/c12-11(13,14)8-5-7-3-1-2-4-9(7)16(17)10(8)6-15/h1-5H. The number of aromatic nitrogens is 1. The highest BCUT2D eigenvalue weighted by molar-refractivity contribution is 5.76. The first-order valence-corrected chi connectivity index (χ1v) is 4.58. The number of hydrogen-bond donors (Lipinski definition) is 0. The van der Waals surface area contributed by atoms with Gasteiger partial charge in [-0.25, -0.2) is 0 Å². The Labute approximate surface area is 93.9 Å². The topological polar surface area (TPSA) is 50.7 Å². The van der Waals surface area contributed by atoms with Crippen molar-refractivity contribution in [3.63, 3.8) is 0 Å². The minimum absolute atomic E-state index is 0.0121. The normalized spacial score (nSPS) is 11.4. The average molecular weight is 238 g/mol. The molecule has 2 aromatic rings. The van der Waals surface area contributed by atoms with E-state index in [0.717, 1.165) is 6.07 Å². The lowest BCUT2D eigenvalue weighted by atomic mass is 10.1. The van der Waals surface area contributed by atoms with E-state index in [9.17, 15) is 18.4 Å². The van der Waals surface area contributed by atoms with Crippen LogP contribution in [-0.2, 0) is 6.18 Å². The predicted octanol–water partition coefficient (Wildman–Crippen LogP) is 2.36. The smallest absolute Gasteiger partial charge is 0.423 e. The Balaban J connectivity index is 2.91. The van der Waals surface area contributed by atoms with Crippen LogP contribution in [0.5, 0.6) is 0 Å². The maximum atomic E-state index is 12.6. The summed E-state index contributed by atoms with van der Waals surface area (Å²) in [4.78, 5) is 0. The summed E-state index contributed by atoms with van der Waals surface area (Å²) in [5.74, 6) is 0. The number of nitrogens with zero attached hydrogens (tertiary/aromatic N) is 2. The number of nitriles is 1. The van der Waals surface area contributed by atoms with Crippen molar-refractivity contribution in [2.75, 3.05) is 0 Å². The second-order valence-corrected chi connectivity index (χ2v) is 3.37. The van der Waals surface area contributed by atoms with Crippen LogP contribution in [-0.4, -0.2) is 0 Å². The van der Waals surface area contributed by atoms with Crippen LogP contribution in [0, 0.1) is 16.5 Å². The summed E-state index contributed by atoms with van der Waals surface area (Å²) in [7, 11) is 0. The Hall–Kier alpha value is -2.29. The van der Waals surface area contributed by atoms with E-state index in [1.165, 1.54) is 30.3 Å². The molecule has 0 aliphatic rings. The first-order chi connectivity index (χ1) is 7.95. The number of rotatable bonds is 0. The molecular weight excluding hydrogens is 233 g/mol. The summed E-state index contributed by atoms with van der Waals surface area (Å²) in [6, 6.07) is 7.90. The van der Waals surface area contributed by atoms with Gasteiger partial charge in [0.1, 0.15) is 5.56 Å². The molecule has 0 fully saturated rings. The molecule has 3 nitrogen and oxygen atoms in total. The molecule has 1 heterocycles. The van der Waals surface area contributed by atoms with Gasteiger partial charge in [-0.05, 0) is 12.1 Å². The SMILES string of the molecule is N#Cc1c(C(F)(F)F)cc2ccccc2[n+]1[O-]. The summed E-state index contributed by atoms with van der Waals surface area (Å²) in [6.07, 6.45) is -4.72. The summed E-state index contributed by atoms with van der Waals surface area (Å²) in [6.45, 7) is 0. The van der Waals surface area contributed by atoms with Crippen molar-refractivity contribution in [2.24, 2.45) is 0 Å². The van der Waals surface area contributed by atoms with Gasteiger partial charge >= 0.3 is 11.9 Å². The number of halogens is 3. The molecule has 0 aliphatic heterocycles. The van der Waals surface area contributed by atoms with E-state index in [4.69, 9.17) is 5.26 Å². The fraction of sp³-hybridized carbons (Fsp3) is 0.0909. The molecule has 0 saturated heterocycles. The van der Waals surface area contributed by atoms with E-state index in [1.807, 2.05) is 0 Å². The van der Waals surface area contributed by atoms with Crippen LogP contribution in [0.4, 0.5) is 13.2 Å². The van der Waals surface area contributed by atoms with E-state index in [1.54, 1.807) is 0 Å². The summed E-state index contributed by atoms with van der Waals surface area (Å²) < 4.78 is 37.9. The van der Waals surface area contributed by atoms with Gasteiger partial charge in [-0.15, -0.1) is 0 Å². The van der Waals surface area contributed by atoms with Gasteiger partial charge in [0.05, 0.1) is 0 Å². The maximum absolute atomic E-state index is 12.6. The van der Waals surface area contributed by atoms with Gasteiger partial charge in [0, 0.05) is 11.5 Å². The maximum Gasteiger partial charge on any atom is 0.423 e. The van der Waals surface area contributed by atoms with Gasteiger partial charge < -0.3 is 5.21 Å². The highest BCUT2D eigenvalue weighted by Gasteiger charge is 2.38. The lowest BCUT2D eigenvalue weighted by Crippen LogP contribution is -2.34. The van der Waals surface area contributed by atoms with Crippen molar-refractivity contribution in [1.82, 2.24) is 0 Å². The van der Waals surface area contributed by atoms with Crippen molar-refractivity contribution in [3.05, 3.63) is 46.8 Å². The number of benzene rings is 1. The highest BCUT2D eigenvalue weighted by Crippen LogP contribution is 2.32. The molecule has 6 heteroatoms. The zero-order valence-electron chi connectivity index (χ0n) is 8.32. The van der Waals surface area contributed by atoms with E-state index < -0.39 is 17.4 Å². The Kier molecular flexibility index (Phi) is 2.39. The fourth-order valence-electron chi connectivity index (χ4n) is 1.57. The zero-order valence-corrected chi connectivity index (χ0v) is 8.32. The Bertz CT molecular complexity index is 629. The molecule has 17 heavy (non-hydrogen) atoms. The molecule has 0 radical (unpaired) electrons. The number of alkyl halides is 3.